The van der Waals surface area contributed by atoms with Crippen molar-refractivity contribution in [2.45, 2.75) is 30.4 Å². The van der Waals surface area contributed by atoms with Crippen molar-refractivity contribution >= 4 is 60.5 Å². The molecule has 40 heavy (non-hydrogen) atoms. The van der Waals surface area contributed by atoms with E-state index in [1.807, 2.05) is 6.92 Å². The van der Waals surface area contributed by atoms with Gasteiger partial charge in [0, 0.05) is 30.4 Å². The molecule has 1 heterocycles. The molecule has 1 saturated heterocycles. The van der Waals surface area contributed by atoms with Crippen LogP contribution < -0.4 is 14.8 Å². The predicted molar refractivity (Wildman–Crippen MR) is 157 cm³/mol. The van der Waals surface area contributed by atoms with Gasteiger partial charge in [0.05, 0.1) is 27.3 Å². The van der Waals surface area contributed by atoms with Crippen LogP contribution in [0.5, 0.6) is 5.75 Å². The number of hydrogen-bond acceptors (Lipinski definition) is 6. The van der Waals surface area contributed by atoms with Crippen molar-refractivity contribution in [1.29, 1.82) is 0 Å². The molecule has 0 radical (unpaired) electrons. The molecular formula is C27H29Cl2N3O6S2. The summed E-state index contributed by atoms with van der Waals surface area (Å²) in [5.41, 5.74) is 1.38. The summed E-state index contributed by atoms with van der Waals surface area (Å²) in [6.07, 6.45) is 0.732. The summed E-state index contributed by atoms with van der Waals surface area (Å²) < 4.78 is 60.5. The molecule has 214 valence electrons. The first-order valence-corrected chi connectivity index (χ1v) is 16.4. The van der Waals surface area contributed by atoms with Gasteiger partial charge in [-0.1, -0.05) is 29.3 Å². The van der Waals surface area contributed by atoms with Gasteiger partial charge >= 0.3 is 0 Å². The molecule has 0 aromatic heterocycles. The maximum Gasteiger partial charge on any atom is 0.261 e. The maximum atomic E-state index is 12.9. The largest absolute Gasteiger partial charge is 0.494 e. The summed E-state index contributed by atoms with van der Waals surface area (Å²) in [5, 5.41) is 3.44. The molecule has 1 fully saturated rings. The highest BCUT2D eigenvalue weighted by Gasteiger charge is 2.31. The molecule has 1 amide bonds. The second-order valence-electron chi connectivity index (χ2n) is 9.25. The topological polar surface area (TPSA) is 122 Å². The van der Waals surface area contributed by atoms with Crippen LogP contribution in [0.2, 0.25) is 10.0 Å². The van der Waals surface area contributed by atoms with Crippen molar-refractivity contribution in [3.8, 4) is 5.75 Å². The summed E-state index contributed by atoms with van der Waals surface area (Å²) >= 11 is 11.9. The summed E-state index contributed by atoms with van der Waals surface area (Å²) in [7, 11) is -7.42. The van der Waals surface area contributed by atoms with E-state index < -0.39 is 20.0 Å². The summed E-state index contributed by atoms with van der Waals surface area (Å²) in [4.78, 5) is 12.9. The second kappa shape index (κ2) is 12.8. The summed E-state index contributed by atoms with van der Waals surface area (Å²) in [6, 6.07) is 17.1. The fraction of sp³-hybridized carbons (Fsp3) is 0.296. The van der Waals surface area contributed by atoms with Crippen molar-refractivity contribution in [1.82, 2.24) is 4.31 Å². The third kappa shape index (κ3) is 7.67. The van der Waals surface area contributed by atoms with Crippen molar-refractivity contribution in [2.75, 3.05) is 29.7 Å². The number of carbonyl (C=O) groups is 1. The van der Waals surface area contributed by atoms with Crippen molar-refractivity contribution in [3.05, 3.63) is 82.3 Å². The molecule has 1 aliphatic rings. The lowest BCUT2D eigenvalue weighted by Crippen LogP contribution is -2.41. The lowest BCUT2D eigenvalue weighted by Gasteiger charge is -2.30. The average molecular weight is 627 g/mol. The predicted octanol–water partition coefficient (Wildman–Crippen LogP) is 5.37. The molecule has 13 heteroatoms. The minimum Gasteiger partial charge on any atom is -0.494 e. The Balaban J connectivity index is 1.30. The smallest absolute Gasteiger partial charge is 0.261 e. The Morgan fingerprint density at radius 2 is 1.52 bits per heavy atom. The van der Waals surface area contributed by atoms with E-state index in [0.717, 1.165) is 0 Å². The zero-order valence-electron chi connectivity index (χ0n) is 21.6. The van der Waals surface area contributed by atoms with Gasteiger partial charge < -0.3 is 10.1 Å². The van der Waals surface area contributed by atoms with Gasteiger partial charge in [0.2, 0.25) is 15.9 Å². The number of sulfonamides is 2. The molecule has 1 aliphatic heterocycles. The third-order valence-corrected chi connectivity index (χ3v) is 10.4. The van der Waals surface area contributed by atoms with E-state index in [9.17, 15) is 21.6 Å². The Kier molecular flexibility index (Phi) is 9.63. The van der Waals surface area contributed by atoms with Crippen molar-refractivity contribution < 1.29 is 26.4 Å². The SMILES string of the molecule is CCOc1ccc(NS(=O)(=O)c2ccc(NC(=O)C3CCN(S(=O)(=O)Cc4ccc(Cl)c(Cl)c4)CC3)cc2)cc1. The molecule has 2 N–H and O–H groups in total. The molecule has 0 atom stereocenters. The monoisotopic (exact) mass is 625 g/mol. The van der Waals surface area contributed by atoms with Crippen LogP contribution in [0.15, 0.2) is 71.6 Å². The number of ether oxygens (including phenoxy) is 1. The van der Waals surface area contributed by atoms with E-state index in [0.29, 0.717) is 52.2 Å². The normalized spacial score (nSPS) is 15.0. The maximum absolute atomic E-state index is 12.9. The quantitative estimate of drug-likeness (QED) is 0.312. The minimum absolute atomic E-state index is 0.0415. The number of anilines is 2. The minimum atomic E-state index is -3.83. The second-order valence-corrected chi connectivity index (χ2v) is 13.7. The number of carbonyl (C=O) groups excluding carboxylic acids is 1. The lowest BCUT2D eigenvalue weighted by molar-refractivity contribution is -0.120. The van der Waals surface area contributed by atoms with Gasteiger partial charge in [0.15, 0.2) is 0 Å². The molecule has 9 nitrogen and oxygen atoms in total. The van der Waals surface area contributed by atoms with E-state index in [-0.39, 0.29) is 35.6 Å². The van der Waals surface area contributed by atoms with Crippen molar-refractivity contribution in [2.24, 2.45) is 5.92 Å². The fourth-order valence-electron chi connectivity index (χ4n) is 4.29. The van der Waals surface area contributed by atoms with Crippen LogP contribution in [-0.2, 0) is 30.6 Å². The van der Waals surface area contributed by atoms with Crippen LogP contribution in [0, 0.1) is 5.92 Å². The summed E-state index contributed by atoms with van der Waals surface area (Å²) in [6.45, 7) is 2.81. The molecule has 3 aromatic rings. The number of nitrogens with one attached hydrogen (secondary N) is 2. The number of rotatable bonds is 10. The first-order valence-electron chi connectivity index (χ1n) is 12.6. The number of amides is 1. The summed E-state index contributed by atoms with van der Waals surface area (Å²) in [5.74, 6) is -0.185. The fourth-order valence-corrected chi connectivity index (χ4v) is 7.22. The van der Waals surface area contributed by atoms with Crippen LogP contribution in [0.4, 0.5) is 11.4 Å². The van der Waals surface area contributed by atoms with Crippen molar-refractivity contribution in [3.63, 3.8) is 0 Å². The van der Waals surface area contributed by atoms with Gasteiger partial charge in [-0.3, -0.25) is 9.52 Å². The molecule has 0 spiro atoms. The van der Waals surface area contributed by atoms with E-state index >= 15 is 0 Å². The van der Waals surface area contributed by atoms with E-state index in [4.69, 9.17) is 27.9 Å². The number of nitrogens with zero attached hydrogens (tertiary/aromatic N) is 1. The number of halogens is 2. The first-order chi connectivity index (χ1) is 19.0. The van der Waals surface area contributed by atoms with Gasteiger partial charge in [-0.2, -0.15) is 0 Å². The molecule has 0 saturated carbocycles. The average Bonchev–Trinajstić information content (AvgIpc) is 2.92. The van der Waals surface area contributed by atoms with E-state index in [2.05, 4.69) is 10.0 Å². The van der Waals surface area contributed by atoms with Gasteiger partial charge in [-0.15, -0.1) is 0 Å². The van der Waals surface area contributed by atoms with Crippen LogP contribution >= 0.6 is 23.2 Å². The highest BCUT2D eigenvalue weighted by molar-refractivity contribution is 7.92. The lowest BCUT2D eigenvalue weighted by atomic mass is 9.97. The molecular weight excluding hydrogens is 597 g/mol. The Bertz CT molecular complexity index is 1560. The number of piperidine rings is 1. The van der Waals surface area contributed by atoms with Gasteiger partial charge in [-0.25, -0.2) is 21.1 Å². The molecule has 3 aromatic carbocycles. The van der Waals surface area contributed by atoms with Crippen LogP contribution in [0.3, 0.4) is 0 Å². The highest BCUT2D eigenvalue weighted by Crippen LogP contribution is 2.27. The Labute approximate surface area is 244 Å². The van der Waals surface area contributed by atoms with E-state index in [1.54, 1.807) is 36.4 Å². The molecule has 0 unspecified atom stereocenters. The Hall–Kier alpha value is -2.83. The molecule has 4 rings (SSSR count). The van der Waals surface area contributed by atoms with Crippen LogP contribution in [-0.4, -0.2) is 46.7 Å². The molecule has 0 bridgehead atoms. The van der Waals surface area contributed by atoms with E-state index in [1.165, 1.54) is 34.6 Å². The Morgan fingerprint density at radius 3 is 2.12 bits per heavy atom. The Morgan fingerprint density at radius 1 is 0.900 bits per heavy atom. The number of hydrogen-bond donors (Lipinski definition) is 2. The first kappa shape index (κ1) is 30.1. The number of benzene rings is 3. The van der Waals surface area contributed by atoms with Gasteiger partial charge in [0.25, 0.3) is 10.0 Å². The zero-order chi connectivity index (χ0) is 28.9. The standard InChI is InChI=1S/C27H29Cl2N3O6S2/c1-2-38-23-8-4-22(5-9-23)31-40(36,37)24-10-6-21(7-11-24)30-27(33)20-13-15-32(16-14-20)39(34,35)18-19-3-12-25(28)26(29)17-19/h3-12,17,20,31H,2,13-16,18H2,1H3,(H,30,33). The zero-order valence-corrected chi connectivity index (χ0v) is 24.8. The third-order valence-electron chi connectivity index (χ3n) is 6.40. The highest BCUT2D eigenvalue weighted by atomic mass is 35.5. The van der Waals surface area contributed by atoms with Gasteiger partial charge in [-0.05, 0) is 86.0 Å². The van der Waals surface area contributed by atoms with Crippen LogP contribution in [0.25, 0.3) is 0 Å². The van der Waals surface area contributed by atoms with Gasteiger partial charge in [0.1, 0.15) is 5.75 Å². The molecule has 0 aliphatic carbocycles. The van der Waals surface area contributed by atoms with Crippen LogP contribution in [0.1, 0.15) is 25.3 Å².